The third-order valence-corrected chi connectivity index (χ3v) is 5.25. The fourth-order valence-corrected chi connectivity index (χ4v) is 3.51. The molecule has 0 N–H and O–H groups in total. The van der Waals surface area contributed by atoms with Crippen LogP contribution in [0, 0.1) is 0 Å². The van der Waals surface area contributed by atoms with Crippen LogP contribution in [0.3, 0.4) is 0 Å². The van der Waals surface area contributed by atoms with Gasteiger partial charge in [-0.3, -0.25) is 0 Å². The van der Waals surface area contributed by atoms with E-state index >= 15 is 0 Å². The van der Waals surface area contributed by atoms with Crippen molar-refractivity contribution >= 4 is 10.0 Å². The van der Waals surface area contributed by atoms with E-state index in [2.05, 4.69) is 4.74 Å². The molecule has 0 aliphatic rings. The van der Waals surface area contributed by atoms with Gasteiger partial charge in [-0.2, -0.15) is 4.31 Å². The number of benzene rings is 2. The third-order valence-electron chi connectivity index (χ3n) is 3.40. The molecule has 0 amide bonds. The zero-order valence-electron chi connectivity index (χ0n) is 14.2. The molecule has 142 valence electrons. The van der Waals surface area contributed by atoms with Crippen LogP contribution in [0.25, 0.3) is 0 Å². The van der Waals surface area contributed by atoms with Gasteiger partial charge in [0.1, 0.15) is 16.4 Å². The summed E-state index contributed by atoms with van der Waals surface area (Å²) >= 11 is 0. The average molecular weight is 389 g/mol. The van der Waals surface area contributed by atoms with Crippen LogP contribution < -0.4 is 9.47 Å². The van der Waals surface area contributed by atoms with E-state index < -0.39 is 27.0 Å². The number of halogens is 3. The second kappa shape index (κ2) is 7.96. The monoisotopic (exact) mass is 389 g/mol. The van der Waals surface area contributed by atoms with E-state index in [1.54, 1.807) is 24.3 Å². The molecular weight excluding hydrogens is 371 g/mol. The Morgan fingerprint density at radius 2 is 1.65 bits per heavy atom. The van der Waals surface area contributed by atoms with Gasteiger partial charge in [-0.15, -0.1) is 13.2 Å². The molecule has 5 nitrogen and oxygen atoms in total. The summed E-state index contributed by atoms with van der Waals surface area (Å²) in [6.45, 7) is 2.33. The van der Waals surface area contributed by atoms with Gasteiger partial charge in [0.25, 0.3) is 0 Å². The van der Waals surface area contributed by atoms with E-state index in [1.807, 2.05) is 6.92 Å². The van der Waals surface area contributed by atoms with Crippen molar-refractivity contribution in [2.24, 2.45) is 0 Å². The van der Waals surface area contributed by atoms with Gasteiger partial charge in [-0.05, 0) is 36.8 Å². The van der Waals surface area contributed by atoms with Gasteiger partial charge in [0.05, 0.1) is 6.61 Å². The Morgan fingerprint density at radius 3 is 2.23 bits per heavy atom. The Labute approximate surface area is 150 Å². The summed E-state index contributed by atoms with van der Waals surface area (Å²) in [4.78, 5) is -0.550. The van der Waals surface area contributed by atoms with Gasteiger partial charge in [-0.25, -0.2) is 8.42 Å². The molecule has 0 saturated heterocycles. The number of hydrogen-bond acceptors (Lipinski definition) is 4. The van der Waals surface area contributed by atoms with Gasteiger partial charge in [0.2, 0.25) is 10.0 Å². The minimum atomic E-state index is -4.99. The Kier molecular flexibility index (Phi) is 6.14. The van der Waals surface area contributed by atoms with Crippen molar-refractivity contribution in [3.63, 3.8) is 0 Å². The van der Waals surface area contributed by atoms with Gasteiger partial charge < -0.3 is 9.47 Å². The smallest absolute Gasteiger partial charge is 0.494 e. The summed E-state index contributed by atoms with van der Waals surface area (Å²) in [5.74, 6) is -0.121. The van der Waals surface area contributed by atoms with Crippen molar-refractivity contribution in [2.45, 2.75) is 24.7 Å². The molecular formula is C17H18F3NO4S. The summed E-state index contributed by atoms with van der Waals surface area (Å²) in [5.41, 5.74) is 0.661. The number of sulfonamides is 1. The standard InChI is InChI=1S/C17H18F3NO4S/c1-3-24-14-10-8-13(9-11-14)12-21(2)26(22,23)16-7-5-4-6-15(16)25-17(18,19)20/h4-11H,3,12H2,1-2H3. The number of alkyl halides is 3. The van der Waals surface area contributed by atoms with Crippen molar-refractivity contribution < 1.29 is 31.1 Å². The topological polar surface area (TPSA) is 55.8 Å². The molecule has 9 heteroatoms. The lowest BCUT2D eigenvalue weighted by atomic mass is 10.2. The fraction of sp³-hybridized carbons (Fsp3) is 0.294. The molecule has 0 heterocycles. The van der Waals surface area contributed by atoms with E-state index in [9.17, 15) is 21.6 Å². The van der Waals surface area contributed by atoms with Crippen molar-refractivity contribution in [1.29, 1.82) is 0 Å². The molecule has 0 aliphatic heterocycles. The molecule has 0 aromatic heterocycles. The van der Waals surface area contributed by atoms with Crippen LogP contribution in [0.5, 0.6) is 11.5 Å². The molecule has 0 spiro atoms. The van der Waals surface area contributed by atoms with Gasteiger partial charge in [0.15, 0.2) is 0 Å². The maximum Gasteiger partial charge on any atom is 0.573 e. The lowest BCUT2D eigenvalue weighted by Gasteiger charge is -2.20. The molecule has 2 aromatic rings. The van der Waals surface area contributed by atoms with Crippen LogP contribution >= 0.6 is 0 Å². The molecule has 2 aromatic carbocycles. The normalized spacial score (nSPS) is 12.2. The highest BCUT2D eigenvalue weighted by atomic mass is 32.2. The number of ether oxygens (including phenoxy) is 2. The number of nitrogens with zero attached hydrogens (tertiary/aromatic N) is 1. The first-order valence-electron chi connectivity index (χ1n) is 7.66. The molecule has 0 aliphatic carbocycles. The van der Waals surface area contributed by atoms with E-state index in [0.717, 1.165) is 16.4 Å². The molecule has 0 atom stereocenters. The Hall–Kier alpha value is -2.26. The van der Waals surface area contributed by atoms with Gasteiger partial charge >= 0.3 is 6.36 Å². The zero-order chi connectivity index (χ0) is 19.4. The summed E-state index contributed by atoms with van der Waals surface area (Å²) in [6, 6.07) is 11.4. The second-order valence-corrected chi connectivity index (χ2v) is 7.35. The summed E-state index contributed by atoms with van der Waals surface area (Å²) in [6.07, 6.45) is -4.99. The van der Waals surface area contributed by atoms with E-state index in [0.29, 0.717) is 17.9 Å². The summed E-state index contributed by atoms with van der Waals surface area (Å²) in [7, 11) is -2.90. The summed E-state index contributed by atoms with van der Waals surface area (Å²) < 4.78 is 73.0. The Bertz CT molecular complexity index is 836. The largest absolute Gasteiger partial charge is 0.573 e. The predicted octanol–water partition coefficient (Wildman–Crippen LogP) is 3.80. The van der Waals surface area contributed by atoms with Crippen LogP contribution in [0.1, 0.15) is 12.5 Å². The first-order valence-corrected chi connectivity index (χ1v) is 9.10. The van der Waals surface area contributed by atoms with Crippen molar-refractivity contribution in [2.75, 3.05) is 13.7 Å². The van der Waals surface area contributed by atoms with Crippen molar-refractivity contribution in [3.8, 4) is 11.5 Å². The highest BCUT2D eigenvalue weighted by molar-refractivity contribution is 7.89. The molecule has 0 bridgehead atoms. The van der Waals surface area contributed by atoms with Crippen molar-refractivity contribution in [1.82, 2.24) is 4.31 Å². The Morgan fingerprint density at radius 1 is 1.04 bits per heavy atom. The number of hydrogen-bond donors (Lipinski definition) is 0. The van der Waals surface area contributed by atoms with Crippen LogP contribution in [0.15, 0.2) is 53.4 Å². The van der Waals surface area contributed by atoms with Gasteiger partial charge in [0, 0.05) is 13.6 Å². The first-order chi connectivity index (χ1) is 12.1. The van der Waals surface area contributed by atoms with Crippen molar-refractivity contribution in [3.05, 3.63) is 54.1 Å². The number of para-hydroxylation sites is 1. The first kappa shape index (κ1) is 20.1. The lowest BCUT2D eigenvalue weighted by molar-refractivity contribution is -0.275. The fourth-order valence-electron chi connectivity index (χ4n) is 2.24. The minimum Gasteiger partial charge on any atom is -0.494 e. The number of rotatable bonds is 7. The maximum atomic E-state index is 12.7. The quantitative estimate of drug-likeness (QED) is 0.723. The van der Waals surface area contributed by atoms with Crippen LogP contribution in [0.2, 0.25) is 0 Å². The van der Waals surface area contributed by atoms with Gasteiger partial charge in [-0.1, -0.05) is 24.3 Å². The van der Waals surface area contributed by atoms with Crippen LogP contribution in [0.4, 0.5) is 13.2 Å². The molecule has 0 fully saturated rings. The lowest BCUT2D eigenvalue weighted by Crippen LogP contribution is -2.28. The molecule has 26 heavy (non-hydrogen) atoms. The molecule has 0 unspecified atom stereocenters. The molecule has 2 rings (SSSR count). The predicted molar refractivity (Wildman–Crippen MR) is 89.4 cm³/mol. The molecule has 0 saturated carbocycles. The summed E-state index contributed by atoms with van der Waals surface area (Å²) in [5, 5.41) is 0. The van der Waals surface area contributed by atoms with Crippen LogP contribution in [-0.4, -0.2) is 32.7 Å². The SMILES string of the molecule is CCOc1ccc(CN(C)S(=O)(=O)c2ccccc2OC(F)(F)F)cc1. The van der Waals surface area contributed by atoms with Crippen LogP contribution in [-0.2, 0) is 16.6 Å². The average Bonchev–Trinajstić information content (AvgIpc) is 2.55. The Balaban J connectivity index is 2.24. The highest BCUT2D eigenvalue weighted by Gasteiger charge is 2.34. The van der Waals surface area contributed by atoms with E-state index in [4.69, 9.17) is 4.74 Å². The highest BCUT2D eigenvalue weighted by Crippen LogP contribution is 2.31. The molecule has 0 radical (unpaired) electrons. The third kappa shape index (κ3) is 5.12. The second-order valence-electron chi connectivity index (χ2n) is 5.33. The van der Waals surface area contributed by atoms with E-state index in [-0.39, 0.29) is 6.54 Å². The van der Waals surface area contributed by atoms with E-state index in [1.165, 1.54) is 19.2 Å². The zero-order valence-corrected chi connectivity index (χ0v) is 15.0. The maximum absolute atomic E-state index is 12.7. The minimum absolute atomic E-state index is 0.0188.